The van der Waals surface area contributed by atoms with Crippen LogP contribution in [0.3, 0.4) is 0 Å². The minimum absolute atomic E-state index is 0.251. The van der Waals surface area contributed by atoms with E-state index in [4.69, 9.17) is 9.84 Å². The molecule has 0 spiro atoms. The zero-order valence-electron chi connectivity index (χ0n) is 13.5. The first-order chi connectivity index (χ1) is 10.8. The maximum atomic E-state index is 12.0. The van der Waals surface area contributed by atoms with Crippen LogP contribution in [0.5, 0.6) is 5.75 Å². The fraction of sp³-hybridized carbons (Fsp3) is 0.263. The van der Waals surface area contributed by atoms with Crippen LogP contribution in [-0.2, 0) is 4.79 Å². The van der Waals surface area contributed by atoms with E-state index in [1.54, 1.807) is 36.4 Å². The molecule has 120 valence electrons. The van der Waals surface area contributed by atoms with Crippen LogP contribution in [0.2, 0.25) is 0 Å². The number of hydrogen-bond acceptors (Lipinski definition) is 3. The van der Waals surface area contributed by atoms with Gasteiger partial charge in [0.2, 0.25) is 0 Å². The molecule has 0 aliphatic heterocycles. The van der Waals surface area contributed by atoms with E-state index >= 15 is 0 Å². The normalized spacial score (nSPS) is 11.1. The molecule has 0 saturated heterocycles. The number of ether oxygens (including phenoxy) is 1. The van der Waals surface area contributed by atoms with Crippen LogP contribution in [0.4, 0.5) is 0 Å². The van der Waals surface area contributed by atoms with Gasteiger partial charge < -0.3 is 9.84 Å². The second-order valence-corrected chi connectivity index (χ2v) is 6.03. The number of aromatic carboxylic acids is 1. The molecule has 4 nitrogen and oxygen atoms in total. The fourth-order valence-electron chi connectivity index (χ4n) is 1.91. The molecule has 0 amide bonds. The summed E-state index contributed by atoms with van der Waals surface area (Å²) < 4.78 is 5.39. The largest absolute Gasteiger partial charge is 0.478 e. The van der Waals surface area contributed by atoms with Crippen LogP contribution in [0.25, 0.3) is 11.1 Å². The van der Waals surface area contributed by atoms with Crippen molar-refractivity contribution in [2.75, 3.05) is 0 Å². The molecule has 2 aromatic rings. The molecule has 0 heterocycles. The van der Waals surface area contributed by atoms with Crippen molar-refractivity contribution in [3.8, 4) is 16.9 Å². The predicted molar refractivity (Wildman–Crippen MR) is 88.5 cm³/mol. The molecule has 0 aromatic heterocycles. The van der Waals surface area contributed by atoms with Gasteiger partial charge in [0.05, 0.1) is 11.0 Å². The Morgan fingerprint density at radius 3 is 1.87 bits per heavy atom. The summed E-state index contributed by atoms with van der Waals surface area (Å²) in [6.45, 7) is 5.66. The monoisotopic (exact) mass is 312 g/mol. The maximum absolute atomic E-state index is 12.0. The zero-order valence-corrected chi connectivity index (χ0v) is 13.5. The van der Waals surface area contributed by atoms with E-state index in [2.05, 4.69) is 0 Å². The summed E-state index contributed by atoms with van der Waals surface area (Å²) in [7, 11) is 0. The highest BCUT2D eigenvalue weighted by Gasteiger charge is 2.27. The van der Waals surface area contributed by atoms with Crippen molar-refractivity contribution in [3.63, 3.8) is 0 Å². The Bertz CT molecular complexity index is 697. The van der Waals surface area contributed by atoms with E-state index in [1.807, 2.05) is 32.9 Å². The third-order valence-corrected chi connectivity index (χ3v) is 3.97. The van der Waals surface area contributed by atoms with E-state index in [0.717, 1.165) is 11.1 Å². The summed E-state index contributed by atoms with van der Waals surface area (Å²) in [5, 5.41) is 8.90. The number of esters is 1. The third kappa shape index (κ3) is 3.97. The minimum atomic E-state index is -0.947. The molecule has 23 heavy (non-hydrogen) atoms. The highest BCUT2D eigenvalue weighted by molar-refractivity contribution is 5.88. The lowest BCUT2D eigenvalue weighted by atomic mass is 9.91. The van der Waals surface area contributed by atoms with Gasteiger partial charge in [-0.1, -0.05) is 31.2 Å². The quantitative estimate of drug-likeness (QED) is 0.657. The van der Waals surface area contributed by atoms with Gasteiger partial charge in [-0.2, -0.15) is 0 Å². The number of hydrogen-bond donors (Lipinski definition) is 1. The highest BCUT2D eigenvalue weighted by atomic mass is 16.5. The number of benzene rings is 2. The Kier molecular flexibility index (Phi) is 4.84. The molecule has 0 aliphatic rings. The van der Waals surface area contributed by atoms with Crippen LogP contribution in [-0.4, -0.2) is 17.0 Å². The van der Waals surface area contributed by atoms with Crippen molar-refractivity contribution < 1.29 is 19.4 Å². The van der Waals surface area contributed by atoms with Crippen LogP contribution in [0.15, 0.2) is 48.5 Å². The number of carboxylic acid groups (broad SMARTS) is 1. The van der Waals surface area contributed by atoms with Crippen molar-refractivity contribution >= 4 is 11.9 Å². The first kappa shape index (κ1) is 16.7. The van der Waals surface area contributed by atoms with Gasteiger partial charge in [0.25, 0.3) is 0 Å². The molecule has 0 atom stereocenters. The molecule has 0 saturated carbocycles. The SMILES string of the molecule is CCC(C)(C)C(=O)Oc1ccc(-c2ccc(C(=O)O)cc2)cc1. The Morgan fingerprint density at radius 1 is 0.957 bits per heavy atom. The zero-order chi connectivity index (χ0) is 17.0. The summed E-state index contributed by atoms with van der Waals surface area (Å²) in [6.07, 6.45) is 0.708. The maximum Gasteiger partial charge on any atom is 0.335 e. The van der Waals surface area contributed by atoms with Gasteiger partial charge in [0, 0.05) is 0 Å². The summed E-state index contributed by atoms with van der Waals surface area (Å²) >= 11 is 0. The number of carbonyl (C=O) groups is 2. The predicted octanol–water partition coefficient (Wildman–Crippen LogP) is 4.39. The summed E-state index contributed by atoms with van der Waals surface area (Å²) in [6, 6.07) is 13.8. The van der Waals surface area contributed by atoms with Gasteiger partial charge in [-0.15, -0.1) is 0 Å². The van der Waals surface area contributed by atoms with Crippen molar-refractivity contribution in [3.05, 3.63) is 54.1 Å². The van der Waals surface area contributed by atoms with Gasteiger partial charge >= 0.3 is 11.9 Å². The molecular weight excluding hydrogens is 292 g/mol. The second-order valence-electron chi connectivity index (χ2n) is 6.03. The number of carboxylic acids is 1. The third-order valence-electron chi connectivity index (χ3n) is 3.97. The van der Waals surface area contributed by atoms with Gasteiger partial charge in [0.1, 0.15) is 5.75 Å². The summed E-state index contributed by atoms with van der Waals surface area (Å²) in [5.74, 6) is -0.696. The standard InChI is InChI=1S/C19H20O4/c1-4-19(2,3)18(22)23-16-11-9-14(10-12-16)13-5-7-15(8-6-13)17(20)21/h5-12H,4H2,1-3H3,(H,20,21). The molecule has 0 radical (unpaired) electrons. The Labute approximate surface area is 135 Å². The lowest BCUT2D eigenvalue weighted by Gasteiger charge is -2.20. The highest BCUT2D eigenvalue weighted by Crippen LogP contribution is 2.26. The Hall–Kier alpha value is -2.62. The van der Waals surface area contributed by atoms with E-state index in [9.17, 15) is 9.59 Å². The van der Waals surface area contributed by atoms with Gasteiger partial charge in [0.15, 0.2) is 0 Å². The molecule has 0 fully saturated rings. The van der Waals surface area contributed by atoms with E-state index < -0.39 is 11.4 Å². The van der Waals surface area contributed by atoms with Crippen molar-refractivity contribution in [2.24, 2.45) is 5.41 Å². The molecule has 0 bridgehead atoms. The summed E-state index contributed by atoms with van der Waals surface area (Å²) in [4.78, 5) is 22.9. The lowest BCUT2D eigenvalue weighted by Crippen LogP contribution is -2.28. The topological polar surface area (TPSA) is 63.6 Å². The first-order valence-electron chi connectivity index (χ1n) is 7.49. The minimum Gasteiger partial charge on any atom is -0.478 e. The smallest absolute Gasteiger partial charge is 0.335 e. The van der Waals surface area contributed by atoms with Crippen LogP contribution in [0, 0.1) is 5.41 Å². The van der Waals surface area contributed by atoms with Crippen LogP contribution < -0.4 is 4.74 Å². The molecule has 0 unspecified atom stereocenters. The Balaban J connectivity index is 2.13. The molecule has 4 heteroatoms. The fourth-order valence-corrected chi connectivity index (χ4v) is 1.91. The average molecular weight is 312 g/mol. The van der Waals surface area contributed by atoms with Crippen molar-refractivity contribution in [1.82, 2.24) is 0 Å². The number of carbonyl (C=O) groups excluding carboxylic acids is 1. The molecule has 2 aromatic carbocycles. The van der Waals surface area contributed by atoms with Crippen molar-refractivity contribution in [1.29, 1.82) is 0 Å². The van der Waals surface area contributed by atoms with Gasteiger partial charge in [-0.3, -0.25) is 4.79 Å². The van der Waals surface area contributed by atoms with Crippen LogP contribution in [0.1, 0.15) is 37.6 Å². The first-order valence-corrected chi connectivity index (χ1v) is 7.49. The van der Waals surface area contributed by atoms with E-state index in [1.165, 1.54) is 0 Å². The van der Waals surface area contributed by atoms with E-state index in [0.29, 0.717) is 12.2 Å². The van der Waals surface area contributed by atoms with Gasteiger partial charge in [-0.25, -0.2) is 4.79 Å². The Morgan fingerprint density at radius 2 is 1.43 bits per heavy atom. The molecule has 2 rings (SSSR count). The van der Waals surface area contributed by atoms with E-state index in [-0.39, 0.29) is 11.5 Å². The summed E-state index contributed by atoms with van der Waals surface area (Å²) in [5.41, 5.74) is 1.57. The van der Waals surface area contributed by atoms with Gasteiger partial charge in [-0.05, 0) is 55.7 Å². The molecular formula is C19H20O4. The second kappa shape index (κ2) is 6.65. The van der Waals surface area contributed by atoms with Crippen LogP contribution >= 0.6 is 0 Å². The lowest BCUT2D eigenvalue weighted by molar-refractivity contribution is -0.144. The molecule has 1 N–H and O–H groups in total. The van der Waals surface area contributed by atoms with Crippen molar-refractivity contribution in [2.45, 2.75) is 27.2 Å². The number of rotatable bonds is 5. The molecule has 0 aliphatic carbocycles. The average Bonchev–Trinajstić information content (AvgIpc) is 2.55.